The molecule has 0 aliphatic rings. The molecule has 0 spiro atoms. The van der Waals surface area contributed by atoms with Gasteiger partial charge in [0.25, 0.3) is 8.32 Å². The first-order valence-electron chi connectivity index (χ1n) is 14.1. The molecule has 3 aromatic rings. The van der Waals surface area contributed by atoms with Crippen LogP contribution in [0.2, 0.25) is 36.3 Å². The van der Waals surface area contributed by atoms with Gasteiger partial charge in [-0.1, -0.05) is 73.9 Å². The lowest BCUT2D eigenvalue weighted by molar-refractivity contribution is 0.101. The summed E-state index contributed by atoms with van der Waals surface area (Å²) in [4.78, 5) is 14.7. The van der Waals surface area contributed by atoms with Gasteiger partial charge in [-0.25, -0.2) is 0 Å². The van der Waals surface area contributed by atoms with Crippen molar-refractivity contribution in [1.82, 2.24) is 0 Å². The highest BCUT2D eigenvalue weighted by Crippen LogP contribution is 2.44. The van der Waals surface area contributed by atoms with E-state index < -0.39 is 16.4 Å². The summed E-state index contributed by atoms with van der Waals surface area (Å²) >= 11 is 0. The molecule has 0 saturated heterocycles. The van der Waals surface area contributed by atoms with Gasteiger partial charge < -0.3 is 18.3 Å². The number of fused-ring (bicyclic) bond motifs is 1. The third-order valence-electron chi connectivity index (χ3n) is 9.12. The minimum absolute atomic E-state index is 0.0151. The lowest BCUT2D eigenvalue weighted by Gasteiger charge is -2.37. The van der Waals surface area contributed by atoms with Gasteiger partial charge in [0.2, 0.25) is 5.78 Å². The molecule has 1 aromatic heterocycles. The average molecular weight is 593 g/mol. The van der Waals surface area contributed by atoms with Gasteiger partial charge in [-0.2, -0.15) is 0 Å². The van der Waals surface area contributed by atoms with Gasteiger partial charge in [0.15, 0.2) is 5.76 Å². The lowest BCUT2D eigenvalue weighted by Crippen LogP contribution is -2.50. The van der Waals surface area contributed by atoms with Crippen LogP contribution in [-0.4, -0.2) is 36.4 Å². The molecule has 2 aromatic carbocycles. The summed E-state index contributed by atoms with van der Waals surface area (Å²) in [5, 5.41) is 2.33. The molecule has 0 saturated carbocycles. The molecule has 0 fully saturated rings. The van der Waals surface area contributed by atoms with Crippen LogP contribution in [0.4, 0.5) is 0 Å². The number of ketones is 1. The van der Waals surface area contributed by atoms with Crippen LogP contribution in [0.25, 0.3) is 22.4 Å². The highest BCUT2D eigenvalue weighted by molar-refractivity contribution is 6.91. The van der Waals surface area contributed by atoms with E-state index in [2.05, 4.69) is 80.9 Å². The van der Waals surface area contributed by atoms with E-state index in [1.807, 2.05) is 31.2 Å². The molecule has 0 amide bonds. The summed E-state index contributed by atoms with van der Waals surface area (Å²) in [5.41, 5.74) is 2.74. The van der Waals surface area contributed by atoms with E-state index in [4.69, 9.17) is 18.3 Å². The maximum Gasteiger partial charge on any atom is 0.250 e. The predicted molar refractivity (Wildman–Crippen MR) is 179 cm³/mol. The van der Waals surface area contributed by atoms with Crippen LogP contribution < -0.4 is 19.3 Å². The largest absolute Gasteiger partial charge is 0.543 e. The number of carbonyl (C=O) groups excluding carboxylic acids is 1. The first-order valence-corrected chi connectivity index (χ1v) is 20.0. The molecule has 0 aliphatic heterocycles. The van der Waals surface area contributed by atoms with Crippen LogP contribution in [0.1, 0.15) is 75.7 Å². The molecule has 0 bridgehead atoms. The molecule has 0 radical (unpaired) electrons. The first-order chi connectivity index (χ1) is 18.7. The second kappa shape index (κ2) is 11.0. The Morgan fingerprint density at radius 3 is 1.80 bits per heavy atom. The van der Waals surface area contributed by atoms with Gasteiger partial charge in [-0.05, 0) is 59.9 Å². The van der Waals surface area contributed by atoms with E-state index in [0.29, 0.717) is 28.4 Å². The number of furan rings is 1. The quantitative estimate of drug-likeness (QED) is 0.183. The number of carbonyl (C=O) groups is 1. The van der Waals surface area contributed by atoms with E-state index in [1.165, 1.54) is 0 Å². The minimum atomic E-state index is -2.35. The van der Waals surface area contributed by atoms with Crippen LogP contribution in [0.15, 0.2) is 41.8 Å². The van der Waals surface area contributed by atoms with Crippen LogP contribution in [0, 0.1) is 0 Å². The number of allylic oxidation sites excluding steroid dienone is 1. The minimum Gasteiger partial charge on any atom is -0.543 e. The number of methoxy groups -OCH3 is 2. The maximum absolute atomic E-state index is 14.7. The lowest BCUT2D eigenvalue weighted by atomic mass is 9.96. The molecule has 0 atom stereocenters. The standard InChI is InChI=1S/C34H48O5Si2/c1-16-22-29(21(2)3)31(38-32(22)40(12,13)33(4,5)6)30(35)25-19-23-24(27(37-11)18-17-26(23)36-10)20-28(25)39-41(14,15)34(7,8)9/h16-20H,1-2H2,3-15H3. The van der Waals surface area contributed by atoms with Crippen LogP contribution >= 0.6 is 0 Å². The summed E-state index contributed by atoms with van der Waals surface area (Å²) in [7, 11) is -1.28. The summed E-state index contributed by atoms with van der Waals surface area (Å²) in [6, 6.07) is 7.48. The van der Waals surface area contributed by atoms with Gasteiger partial charge in [-0.3, -0.25) is 4.79 Å². The number of rotatable bonds is 9. The third-order valence-corrected chi connectivity index (χ3v) is 18.7. The number of hydrogen-bond donors (Lipinski definition) is 0. The summed E-state index contributed by atoms with van der Waals surface area (Å²) in [6.07, 6.45) is 1.81. The molecule has 5 nitrogen and oxygen atoms in total. The smallest absolute Gasteiger partial charge is 0.250 e. The van der Waals surface area contributed by atoms with Crippen molar-refractivity contribution in [2.75, 3.05) is 14.2 Å². The zero-order valence-electron chi connectivity index (χ0n) is 27.3. The van der Waals surface area contributed by atoms with Crippen LogP contribution in [0.3, 0.4) is 0 Å². The van der Waals surface area contributed by atoms with Crippen LogP contribution in [-0.2, 0) is 0 Å². The number of ether oxygens (including phenoxy) is 2. The van der Waals surface area contributed by atoms with E-state index in [9.17, 15) is 4.79 Å². The molecule has 0 unspecified atom stereocenters. The van der Waals surface area contributed by atoms with Gasteiger partial charge in [-0.15, -0.1) is 0 Å². The fourth-order valence-corrected chi connectivity index (χ4v) is 7.48. The molecule has 0 aliphatic carbocycles. The fraction of sp³-hybridized carbons (Fsp3) is 0.441. The van der Waals surface area contributed by atoms with E-state index in [0.717, 1.165) is 27.3 Å². The Labute approximate surface area is 248 Å². The Kier molecular flexibility index (Phi) is 8.70. The molecular weight excluding hydrogens is 545 g/mol. The first kappa shape index (κ1) is 32.5. The van der Waals surface area contributed by atoms with E-state index >= 15 is 0 Å². The van der Waals surface area contributed by atoms with Gasteiger partial charge in [0.1, 0.15) is 25.3 Å². The van der Waals surface area contributed by atoms with Crippen molar-refractivity contribution in [3.63, 3.8) is 0 Å². The Morgan fingerprint density at radius 2 is 1.39 bits per heavy atom. The van der Waals surface area contributed by atoms with Crippen molar-refractivity contribution < 1.29 is 23.1 Å². The van der Waals surface area contributed by atoms with Crippen molar-refractivity contribution in [2.24, 2.45) is 0 Å². The average Bonchev–Trinajstić information content (AvgIpc) is 3.26. The summed E-state index contributed by atoms with van der Waals surface area (Å²) in [5.74, 6) is 1.85. The second-order valence-electron chi connectivity index (χ2n) is 14.0. The number of benzene rings is 2. The van der Waals surface area contributed by atoms with Gasteiger partial charge in [0.05, 0.1) is 25.2 Å². The second-order valence-corrected chi connectivity index (χ2v) is 23.9. The number of hydrogen-bond acceptors (Lipinski definition) is 5. The highest BCUT2D eigenvalue weighted by Gasteiger charge is 2.44. The molecule has 3 rings (SSSR count). The topological polar surface area (TPSA) is 57.9 Å². The predicted octanol–water partition coefficient (Wildman–Crippen LogP) is 9.46. The van der Waals surface area contributed by atoms with Crippen molar-refractivity contribution in [3.05, 3.63) is 59.9 Å². The molecule has 41 heavy (non-hydrogen) atoms. The van der Waals surface area contributed by atoms with Crippen molar-refractivity contribution in [2.45, 2.75) is 84.7 Å². The van der Waals surface area contributed by atoms with Crippen molar-refractivity contribution >= 4 is 50.0 Å². The molecule has 0 N–H and O–H groups in total. The van der Waals surface area contributed by atoms with Gasteiger partial charge >= 0.3 is 0 Å². The SMILES string of the molecule is C=Cc1c([Si](C)(C)C(C)(C)C)oc(C(=O)c2cc3c(OC)ccc(OC)c3cc2O[Si](C)(C)C(C)(C)C)c1C(=C)C. The molecule has 1 heterocycles. The van der Waals surface area contributed by atoms with Gasteiger partial charge in [0, 0.05) is 21.9 Å². The maximum atomic E-state index is 14.7. The van der Waals surface area contributed by atoms with E-state index in [1.54, 1.807) is 20.3 Å². The third kappa shape index (κ3) is 5.71. The Hall–Kier alpha value is -3.04. The zero-order chi connectivity index (χ0) is 31.3. The van der Waals surface area contributed by atoms with Crippen molar-refractivity contribution in [1.29, 1.82) is 0 Å². The molecular formula is C34H48O5Si2. The summed E-state index contributed by atoms with van der Waals surface area (Å²) < 4.78 is 24.9. The zero-order valence-corrected chi connectivity index (χ0v) is 29.3. The monoisotopic (exact) mass is 592 g/mol. The Bertz CT molecular complexity index is 1510. The Morgan fingerprint density at radius 1 is 0.878 bits per heavy atom. The summed E-state index contributed by atoms with van der Waals surface area (Å²) in [6.45, 7) is 32.4. The highest BCUT2D eigenvalue weighted by atomic mass is 28.4. The normalized spacial score (nSPS) is 12.8. The van der Waals surface area contributed by atoms with Crippen LogP contribution in [0.5, 0.6) is 17.2 Å². The van der Waals surface area contributed by atoms with E-state index in [-0.39, 0.29) is 21.6 Å². The fourth-order valence-electron chi connectivity index (χ4n) is 4.51. The molecule has 7 heteroatoms. The Balaban J connectivity index is 2.45. The van der Waals surface area contributed by atoms with Crippen molar-refractivity contribution in [3.8, 4) is 17.2 Å². The molecule has 222 valence electrons.